The van der Waals surface area contributed by atoms with Gasteiger partial charge in [0, 0.05) is 16.7 Å². The molecular weight excluding hydrogens is 345 g/mol. The molecule has 0 unspecified atom stereocenters. The zero-order chi connectivity index (χ0) is 14.6. The minimum atomic E-state index is -3.31. The van der Waals surface area contributed by atoms with Crippen LogP contribution in [0.15, 0.2) is 57.9 Å². The number of sulfone groups is 1. The lowest BCUT2D eigenvalue weighted by Gasteiger charge is -2.07. The van der Waals surface area contributed by atoms with Crippen LogP contribution in [0.2, 0.25) is 0 Å². The molecule has 0 aromatic heterocycles. The van der Waals surface area contributed by atoms with E-state index in [1.165, 1.54) is 12.1 Å². The van der Waals surface area contributed by atoms with Crippen molar-refractivity contribution in [2.45, 2.75) is 4.90 Å². The van der Waals surface area contributed by atoms with Crippen LogP contribution in [0.4, 0.5) is 10.1 Å². The zero-order valence-corrected chi connectivity index (χ0v) is 12.9. The van der Waals surface area contributed by atoms with Gasteiger partial charge in [0.2, 0.25) is 0 Å². The van der Waals surface area contributed by atoms with Crippen LogP contribution in [0.25, 0.3) is 0 Å². The molecule has 2 aromatic carbocycles. The highest BCUT2D eigenvalue weighted by Gasteiger charge is 2.13. The monoisotopic (exact) mass is 357 g/mol. The first-order valence-electron chi connectivity index (χ1n) is 5.95. The van der Waals surface area contributed by atoms with Crippen LogP contribution in [0.1, 0.15) is 0 Å². The van der Waals surface area contributed by atoms with E-state index in [4.69, 9.17) is 0 Å². The van der Waals surface area contributed by atoms with Gasteiger partial charge in [0.15, 0.2) is 9.84 Å². The minimum Gasteiger partial charge on any atom is -0.384 e. The molecule has 0 saturated carbocycles. The molecule has 0 aliphatic heterocycles. The average Bonchev–Trinajstić information content (AvgIpc) is 2.41. The Labute approximate surface area is 125 Å². The molecule has 0 bridgehead atoms. The number of benzene rings is 2. The van der Waals surface area contributed by atoms with E-state index >= 15 is 0 Å². The van der Waals surface area contributed by atoms with Crippen molar-refractivity contribution in [1.29, 1.82) is 0 Å². The lowest BCUT2D eigenvalue weighted by atomic mass is 10.3. The largest absolute Gasteiger partial charge is 0.384 e. The number of halogens is 2. The van der Waals surface area contributed by atoms with Gasteiger partial charge in [-0.25, -0.2) is 12.8 Å². The van der Waals surface area contributed by atoms with Gasteiger partial charge in [-0.05, 0) is 48.5 Å². The molecule has 20 heavy (non-hydrogen) atoms. The van der Waals surface area contributed by atoms with Gasteiger partial charge in [-0.15, -0.1) is 0 Å². The molecule has 2 rings (SSSR count). The zero-order valence-electron chi connectivity index (χ0n) is 10.5. The van der Waals surface area contributed by atoms with Crippen LogP contribution in [0, 0.1) is 5.82 Å². The maximum absolute atomic E-state index is 12.7. The first-order valence-corrected chi connectivity index (χ1v) is 8.40. The first kappa shape index (κ1) is 15.0. The lowest BCUT2D eigenvalue weighted by Crippen LogP contribution is -2.15. The Kier molecular flexibility index (Phi) is 4.77. The summed E-state index contributed by atoms with van der Waals surface area (Å²) in [5.74, 6) is -0.343. The number of anilines is 1. The molecule has 0 aliphatic rings. The van der Waals surface area contributed by atoms with E-state index < -0.39 is 9.84 Å². The number of rotatable bonds is 5. The summed E-state index contributed by atoms with van der Waals surface area (Å²) in [5, 5.41) is 2.95. The Bertz CT molecular complexity index is 669. The maximum atomic E-state index is 12.7. The third kappa shape index (κ3) is 4.05. The van der Waals surface area contributed by atoms with Crippen molar-refractivity contribution in [2.75, 3.05) is 17.6 Å². The highest BCUT2D eigenvalue weighted by atomic mass is 79.9. The van der Waals surface area contributed by atoms with E-state index in [0.29, 0.717) is 10.6 Å². The fraction of sp³-hybridized carbons (Fsp3) is 0.143. The van der Waals surface area contributed by atoms with Crippen molar-refractivity contribution >= 4 is 31.5 Å². The smallest absolute Gasteiger partial charge is 0.180 e. The molecule has 1 N–H and O–H groups in total. The summed E-state index contributed by atoms with van der Waals surface area (Å²) in [6.45, 7) is 0.268. The third-order valence-electron chi connectivity index (χ3n) is 2.72. The molecule has 0 amide bonds. The van der Waals surface area contributed by atoms with Crippen molar-refractivity contribution in [2.24, 2.45) is 0 Å². The number of hydrogen-bond acceptors (Lipinski definition) is 3. The van der Waals surface area contributed by atoms with E-state index in [1.54, 1.807) is 36.4 Å². The molecule has 0 aliphatic carbocycles. The summed E-state index contributed by atoms with van der Waals surface area (Å²) >= 11 is 3.26. The highest BCUT2D eigenvalue weighted by molar-refractivity contribution is 9.10. The van der Waals surface area contributed by atoms with Gasteiger partial charge in [0.25, 0.3) is 0 Å². The average molecular weight is 358 g/mol. The molecule has 2 aromatic rings. The molecule has 0 atom stereocenters. The second-order valence-electron chi connectivity index (χ2n) is 4.21. The molecule has 0 spiro atoms. The summed E-state index contributed by atoms with van der Waals surface area (Å²) < 4.78 is 37.7. The third-order valence-corrected chi connectivity index (χ3v) is 4.98. The Balaban J connectivity index is 1.96. The standard InChI is InChI=1S/C14H13BrFNO2S/c15-11-1-7-14(8-2-11)20(18,19)10-9-17-13-5-3-12(16)4-6-13/h1-8,17H,9-10H2. The van der Waals surface area contributed by atoms with Gasteiger partial charge in [-0.1, -0.05) is 15.9 Å². The SMILES string of the molecule is O=S(=O)(CCNc1ccc(F)cc1)c1ccc(Br)cc1. The Morgan fingerprint density at radius 3 is 2.20 bits per heavy atom. The molecule has 0 heterocycles. The van der Waals surface area contributed by atoms with E-state index in [2.05, 4.69) is 21.2 Å². The van der Waals surface area contributed by atoms with Crippen molar-refractivity contribution in [3.8, 4) is 0 Å². The van der Waals surface area contributed by atoms with Gasteiger partial charge in [0.1, 0.15) is 5.82 Å². The molecule has 3 nitrogen and oxygen atoms in total. The number of nitrogens with one attached hydrogen (secondary N) is 1. The Morgan fingerprint density at radius 2 is 1.60 bits per heavy atom. The summed E-state index contributed by atoms with van der Waals surface area (Å²) in [4.78, 5) is 0.293. The second-order valence-corrected chi connectivity index (χ2v) is 7.23. The van der Waals surface area contributed by atoms with Gasteiger partial charge >= 0.3 is 0 Å². The van der Waals surface area contributed by atoms with Crippen LogP contribution in [0.3, 0.4) is 0 Å². The van der Waals surface area contributed by atoms with Gasteiger partial charge in [0.05, 0.1) is 10.6 Å². The van der Waals surface area contributed by atoms with E-state index in [0.717, 1.165) is 4.47 Å². The van der Waals surface area contributed by atoms with Crippen molar-refractivity contribution < 1.29 is 12.8 Å². The predicted octanol–water partition coefficient (Wildman–Crippen LogP) is 3.47. The van der Waals surface area contributed by atoms with Crippen LogP contribution >= 0.6 is 15.9 Å². The molecular formula is C14H13BrFNO2S. The van der Waals surface area contributed by atoms with Crippen molar-refractivity contribution in [1.82, 2.24) is 0 Å². The fourth-order valence-electron chi connectivity index (χ4n) is 1.66. The summed E-state index contributed by atoms with van der Waals surface area (Å²) in [6.07, 6.45) is 0. The lowest BCUT2D eigenvalue weighted by molar-refractivity contribution is 0.596. The van der Waals surface area contributed by atoms with Crippen molar-refractivity contribution in [3.63, 3.8) is 0 Å². The fourth-order valence-corrected chi connectivity index (χ4v) is 3.08. The Morgan fingerprint density at radius 1 is 1.00 bits per heavy atom. The number of hydrogen-bond donors (Lipinski definition) is 1. The highest BCUT2D eigenvalue weighted by Crippen LogP contribution is 2.16. The second kappa shape index (κ2) is 6.37. The maximum Gasteiger partial charge on any atom is 0.180 e. The molecule has 106 valence electrons. The molecule has 0 saturated heterocycles. The summed E-state index contributed by atoms with van der Waals surface area (Å²) in [6, 6.07) is 12.3. The van der Waals surface area contributed by atoms with Crippen LogP contribution in [0.5, 0.6) is 0 Å². The molecule has 0 radical (unpaired) electrons. The predicted molar refractivity (Wildman–Crippen MR) is 81.1 cm³/mol. The van der Waals surface area contributed by atoms with Gasteiger partial charge < -0.3 is 5.32 Å². The molecule has 6 heteroatoms. The van der Waals surface area contributed by atoms with E-state index in [1.807, 2.05) is 0 Å². The van der Waals surface area contributed by atoms with Crippen LogP contribution < -0.4 is 5.32 Å². The van der Waals surface area contributed by atoms with Crippen LogP contribution in [-0.2, 0) is 9.84 Å². The molecule has 0 fully saturated rings. The normalized spacial score (nSPS) is 11.3. The summed E-state index contributed by atoms with van der Waals surface area (Å²) in [5.41, 5.74) is 0.692. The van der Waals surface area contributed by atoms with Gasteiger partial charge in [-0.3, -0.25) is 0 Å². The van der Waals surface area contributed by atoms with Crippen molar-refractivity contribution in [3.05, 3.63) is 58.8 Å². The quantitative estimate of drug-likeness (QED) is 0.890. The van der Waals surface area contributed by atoms with E-state index in [9.17, 15) is 12.8 Å². The topological polar surface area (TPSA) is 46.2 Å². The first-order chi connectivity index (χ1) is 9.47. The Hall–Kier alpha value is -1.40. The van der Waals surface area contributed by atoms with E-state index in [-0.39, 0.29) is 18.1 Å². The minimum absolute atomic E-state index is 0.0218. The van der Waals surface area contributed by atoms with Gasteiger partial charge in [-0.2, -0.15) is 0 Å². The van der Waals surface area contributed by atoms with Crippen LogP contribution in [-0.4, -0.2) is 20.7 Å². The summed E-state index contributed by atoms with van der Waals surface area (Å²) in [7, 11) is -3.31.